The number of pyridine rings is 1. The first kappa shape index (κ1) is 17.7. The van der Waals surface area contributed by atoms with Crippen LogP contribution < -0.4 is 4.90 Å². The summed E-state index contributed by atoms with van der Waals surface area (Å²) in [7, 11) is 1.99. The maximum absolute atomic E-state index is 12.7. The predicted molar refractivity (Wildman–Crippen MR) is 97.6 cm³/mol. The number of carbonyl (C=O) groups is 2. The molecule has 2 saturated heterocycles. The minimum atomic E-state index is 0.0638. The molecule has 6 nitrogen and oxygen atoms in total. The predicted octanol–water partition coefficient (Wildman–Crippen LogP) is 2.01. The van der Waals surface area contributed by atoms with Crippen molar-refractivity contribution in [3.8, 4) is 0 Å². The number of nitrogens with zero attached hydrogens (tertiary/aromatic N) is 4. The van der Waals surface area contributed by atoms with Gasteiger partial charge in [-0.3, -0.25) is 9.59 Å². The molecule has 0 aliphatic carbocycles. The second-order valence-corrected chi connectivity index (χ2v) is 7.10. The Balaban J connectivity index is 1.52. The number of likely N-dealkylation sites (tertiary alicyclic amines) is 2. The van der Waals surface area contributed by atoms with Gasteiger partial charge < -0.3 is 14.7 Å². The molecule has 0 bridgehead atoms. The summed E-state index contributed by atoms with van der Waals surface area (Å²) in [6.45, 7) is 6.25. The lowest BCUT2D eigenvalue weighted by atomic mass is 9.96. The molecule has 1 aromatic heterocycles. The van der Waals surface area contributed by atoms with E-state index in [-0.39, 0.29) is 5.91 Å². The van der Waals surface area contributed by atoms with Crippen LogP contribution in [0.25, 0.3) is 0 Å². The van der Waals surface area contributed by atoms with Crippen LogP contribution in [0.4, 0.5) is 5.82 Å². The average Bonchev–Trinajstić information content (AvgIpc) is 3.06. The van der Waals surface area contributed by atoms with E-state index in [1.807, 2.05) is 33.9 Å². The lowest BCUT2D eigenvalue weighted by Crippen LogP contribution is -2.41. The highest BCUT2D eigenvalue weighted by molar-refractivity contribution is 5.94. The second-order valence-electron chi connectivity index (χ2n) is 7.10. The van der Waals surface area contributed by atoms with Gasteiger partial charge in [0.2, 0.25) is 5.91 Å². The monoisotopic (exact) mass is 344 g/mol. The van der Waals surface area contributed by atoms with Crippen LogP contribution in [0.2, 0.25) is 0 Å². The number of rotatable bonds is 5. The Morgan fingerprint density at radius 3 is 2.60 bits per heavy atom. The van der Waals surface area contributed by atoms with E-state index in [0.717, 1.165) is 57.8 Å². The molecule has 3 rings (SSSR count). The average molecular weight is 344 g/mol. The number of carbonyl (C=O) groups excluding carboxylic acids is 2. The Hall–Kier alpha value is -2.11. The van der Waals surface area contributed by atoms with Gasteiger partial charge in [0.05, 0.1) is 5.56 Å². The van der Waals surface area contributed by atoms with Gasteiger partial charge in [0, 0.05) is 52.4 Å². The largest absolute Gasteiger partial charge is 0.360 e. The van der Waals surface area contributed by atoms with Crippen LogP contribution in [-0.2, 0) is 4.79 Å². The quantitative estimate of drug-likeness (QED) is 0.820. The first-order chi connectivity index (χ1) is 12.1. The summed E-state index contributed by atoms with van der Waals surface area (Å²) in [5, 5.41) is 0. The Morgan fingerprint density at radius 2 is 2.04 bits per heavy atom. The summed E-state index contributed by atoms with van der Waals surface area (Å²) in [6.07, 6.45) is 5.32. The van der Waals surface area contributed by atoms with Crippen molar-refractivity contribution in [3.63, 3.8) is 0 Å². The van der Waals surface area contributed by atoms with E-state index in [4.69, 9.17) is 0 Å². The van der Waals surface area contributed by atoms with Crippen LogP contribution in [0.5, 0.6) is 0 Å². The highest BCUT2D eigenvalue weighted by Gasteiger charge is 2.28. The normalized spacial score (nSPS) is 18.7. The number of aromatic nitrogens is 1. The summed E-state index contributed by atoms with van der Waals surface area (Å²) < 4.78 is 0. The zero-order valence-corrected chi connectivity index (χ0v) is 15.3. The van der Waals surface area contributed by atoms with Crippen molar-refractivity contribution in [2.24, 2.45) is 5.92 Å². The Kier molecular flexibility index (Phi) is 5.56. The molecule has 1 aromatic rings. The van der Waals surface area contributed by atoms with Gasteiger partial charge in [-0.15, -0.1) is 0 Å². The highest BCUT2D eigenvalue weighted by atomic mass is 16.2. The van der Waals surface area contributed by atoms with Crippen LogP contribution in [0.15, 0.2) is 18.3 Å². The lowest BCUT2D eigenvalue weighted by molar-refractivity contribution is -0.128. The van der Waals surface area contributed by atoms with Crippen LogP contribution in [0.3, 0.4) is 0 Å². The summed E-state index contributed by atoms with van der Waals surface area (Å²) in [4.78, 5) is 34.8. The molecule has 25 heavy (non-hydrogen) atoms. The topological polar surface area (TPSA) is 56.8 Å². The van der Waals surface area contributed by atoms with Crippen molar-refractivity contribution in [2.45, 2.75) is 32.6 Å². The molecule has 0 spiro atoms. The van der Waals surface area contributed by atoms with Gasteiger partial charge in [-0.2, -0.15) is 0 Å². The van der Waals surface area contributed by atoms with Crippen molar-refractivity contribution >= 4 is 17.6 Å². The standard InChI is InChI=1S/C19H28N4O2/c1-3-21(2)17-7-6-16(13-20-17)19(25)22-11-8-15(9-12-22)14-23-10-4-5-18(23)24/h6-7,13,15H,3-5,8-12,14H2,1-2H3. The van der Waals surface area contributed by atoms with Gasteiger partial charge >= 0.3 is 0 Å². The Morgan fingerprint density at radius 1 is 1.28 bits per heavy atom. The van der Waals surface area contributed by atoms with Crippen LogP contribution in [0, 0.1) is 5.92 Å². The lowest BCUT2D eigenvalue weighted by Gasteiger charge is -2.34. The molecule has 0 saturated carbocycles. The van der Waals surface area contributed by atoms with Crippen molar-refractivity contribution in [3.05, 3.63) is 23.9 Å². The fourth-order valence-electron chi connectivity index (χ4n) is 3.61. The first-order valence-electron chi connectivity index (χ1n) is 9.32. The molecule has 0 atom stereocenters. The van der Waals surface area contributed by atoms with E-state index >= 15 is 0 Å². The van der Waals surface area contributed by atoms with E-state index in [0.29, 0.717) is 23.8 Å². The maximum Gasteiger partial charge on any atom is 0.255 e. The third-order valence-corrected chi connectivity index (χ3v) is 5.41. The SMILES string of the molecule is CCN(C)c1ccc(C(=O)N2CCC(CN3CCCC3=O)CC2)cn1. The molecule has 136 valence electrons. The smallest absolute Gasteiger partial charge is 0.255 e. The fourth-order valence-corrected chi connectivity index (χ4v) is 3.61. The van der Waals surface area contributed by atoms with Crippen molar-refractivity contribution < 1.29 is 9.59 Å². The molecule has 3 heterocycles. The number of piperidine rings is 1. The second kappa shape index (κ2) is 7.85. The summed E-state index contributed by atoms with van der Waals surface area (Å²) in [6, 6.07) is 3.77. The van der Waals surface area contributed by atoms with E-state index in [2.05, 4.69) is 11.9 Å². The summed E-state index contributed by atoms with van der Waals surface area (Å²) >= 11 is 0. The molecule has 2 amide bonds. The van der Waals surface area contributed by atoms with E-state index in [1.165, 1.54) is 0 Å². The van der Waals surface area contributed by atoms with Crippen LogP contribution in [-0.4, -0.2) is 66.4 Å². The molecule has 0 N–H and O–H groups in total. The van der Waals surface area contributed by atoms with Gasteiger partial charge in [-0.1, -0.05) is 0 Å². The molecule has 2 fully saturated rings. The molecular formula is C19H28N4O2. The molecular weight excluding hydrogens is 316 g/mol. The summed E-state index contributed by atoms with van der Waals surface area (Å²) in [5.74, 6) is 1.76. The van der Waals surface area contributed by atoms with Crippen LogP contribution in [0.1, 0.15) is 43.0 Å². The zero-order chi connectivity index (χ0) is 17.8. The van der Waals surface area contributed by atoms with E-state index < -0.39 is 0 Å². The number of hydrogen-bond acceptors (Lipinski definition) is 4. The minimum Gasteiger partial charge on any atom is -0.360 e. The Bertz CT molecular complexity index is 608. The molecule has 6 heteroatoms. The third-order valence-electron chi connectivity index (χ3n) is 5.41. The maximum atomic E-state index is 12.7. The Labute approximate surface area is 149 Å². The zero-order valence-electron chi connectivity index (χ0n) is 15.3. The molecule has 0 unspecified atom stereocenters. The third kappa shape index (κ3) is 4.11. The van der Waals surface area contributed by atoms with Gasteiger partial charge in [0.1, 0.15) is 5.82 Å². The highest BCUT2D eigenvalue weighted by Crippen LogP contribution is 2.22. The summed E-state index contributed by atoms with van der Waals surface area (Å²) in [5.41, 5.74) is 0.654. The van der Waals surface area contributed by atoms with Gasteiger partial charge in [-0.25, -0.2) is 4.98 Å². The first-order valence-corrected chi connectivity index (χ1v) is 9.32. The van der Waals surface area contributed by atoms with Gasteiger partial charge in [0.15, 0.2) is 0 Å². The minimum absolute atomic E-state index is 0.0638. The van der Waals surface area contributed by atoms with Crippen molar-refractivity contribution in [1.29, 1.82) is 0 Å². The molecule has 0 aromatic carbocycles. The van der Waals surface area contributed by atoms with E-state index in [9.17, 15) is 9.59 Å². The van der Waals surface area contributed by atoms with Crippen LogP contribution >= 0.6 is 0 Å². The van der Waals surface area contributed by atoms with Crippen molar-refractivity contribution in [2.75, 3.05) is 44.7 Å². The van der Waals surface area contributed by atoms with E-state index in [1.54, 1.807) is 6.20 Å². The number of anilines is 1. The van der Waals surface area contributed by atoms with Crippen molar-refractivity contribution in [1.82, 2.24) is 14.8 Å². The number of amides is 2. The molecule has 2 aliphatic rings. The number of hydrogen-bond donors (Lipinski definition) is 0. The molecule has 0 radical (unpaired) electrons. The fraction of sp³-hybridized carbons (Fsp3) is 0.632. The molecule has 2 aliphatic heterocycles. The van der Waals surface area contributed by atoms with Gasteiger partial charge in [-0.05, 0) is 44.2 Å². The van der Waals surface area contributed by atoms with Gasteiger partial charge in [0.25, 0.3) is 5.91 Å².